The predicted octanol–water partition coefficient (Wildman–Crippen LogP) is 2.83. The number of rotatable bonds is 3. The van der Waals surface area contributed by atoms with Gasteiger partial charge in [0.25, 0.3) is 5.56 Å². The summed E-state index contributed by atoms with van der Waals surface area (Å²) in [6.45, 7) is 0.717. The van der Waals surface area contributed by atoms with E-state index < -0.39 is 0 Å². The van der Waals surface area contributed by atoms with Crippen molar-refractivity contribution in [1.29, 1.82) is 0 Å². The van der Waals surface area contributed by atoms with Crippen LogP contribution in [0.3, 0.4) is 0 Å². The van der Waals surface area contributed by atoms with Crippen molar-refractivity contribution in [3.05, 3.63) is 82.9 Å². The SMILES string of the molecule is O=c1[nH]c(-c2ccc(Cn3cccn3)cc2)nc2ccccc12. The molecule has 2 aromatic heterocycles. The minimum Gasteiger partial charge on any atom is -0.306 e. The first kappa shape index (κ1) is 13.5. The molecule has 0 spiro atoms. The van der Waals surface area contributed by atoms with Crippen molar-refractivity contribution in [1.82, 2.24) is 19.7 Å². The first-order valence-corrected chi connectivity index (χ1v) is 7.35. The van der Waals surface area contributed by atoms with Crippen molar-refractivity contribution in [2.24, 2.45) is 0 Å². The summed E-state index contributed by atoms with van der Waals surface area (Å²) in [5.74, 6) is 0.583. The smallest absolute Gasteiger partial charge is 0.259 e. The Morgan fingerprint density at radius 2 is 1.83 bits per heavy atom. The third-order valence-corrected chi connectivity index (χ3v) is 3.74. The third kappa shape index (κ3) is 2.64. The van der Waals surface area contributed by atoms with Gasteiger partial charge in [0.15, 0.2) is 0 Å². The Morgan fingerprint density at radius 1 is 1.00 bits per heavy atom. The second-order valence-corrected chi connectivity index (χ2v) is 5.33. The van der Waals surface area contributed by atoms with Gasteiger partial charge in [0.1, 0.15) is 5.82 Å². The number of hydrogen-bond donors (Lipinski definition) is 1. The fourth-order valence-electron chi connectivity index (χ4n) is 2.57. The highest BCUT2D eigenvalue weighted by Crippen LogP contribution is 2.17. The molecular weight excluding hydrogens is 288 g/mol. The molecule has 0 saturated carbocycles. The average molecular weight is 302 g/mol. The summed E-state index contributed by atoms with van der Waals surface area (Å²) in [7, 11) is 0. The normalized spacial score (nSPS) is 11.0. The molecular formula is C18H14N4O. The minimum absolute atomic E-state index is 0.119. The van der Waals surface area contributed by atoms with Crippen LogP contribution in [0, 0.1) is 0 Å². The van der Waals surface area contributed by atoms with Crippen LogP contribution in [0.5, 0.6) is 0 Å². The second kappa shape index (κ2) is 5.53. The number of nitrogens with one attached hydrogen (secondary N) is 1. The van der Waals surface area contributed by atoms with Crippen LogP contribution in [0.2, 0.25) is 0 Å². The molecule has 0 atom stereocenters. The molecule has 0 radical (unpaired) electrons. The van der Waals surface area contributed by atoms with Crippen molar-refractivity contribution >= 4 is 10.9 Å². The maximum atomic E-state index is 12.1. The molecule has 0 fully saturated rings. The molecule has 23 heavy (non-hydrogen) atoms. The Balaban J connectivity index is 1.69. The summed E-state index contributed by atoms with van der Waals surface area (Å²) in [5, 5.41) is 4.80. The lowest BCUT2D eigenvalue weighted by Gasteiger charge is -2.05. The number of nitrogens with zero attached hydrogens (tertiary/aromatic N) is 3. The molecule has 4 rings (SSSR count). The summed E-state index contributed by atoms with van der Waals surface area (Å²) in [6.07, 6.45) is 3.69. The maximum absolute atomic E-state index is 12.1. The van der Waals surface area contributed by atoms with Gasteiger partial charge in [-0.2, -0.15) is 5.10 Å². The van der Waals surface area contributed by atoms with Crippen molar-refractivity contribution in [2.75, 3.05) is 0 Å². The van der Waals surface area contributed by atoms with Crippen LogP contribution in [0.15, 0.2) is 71.8 Å². The van der Waals surface area contributed by atoms with E-state index in [4.69, 9.17) is 0 Å². The van der Waals surface area contributed by atoms with E-state index >= 15 is 0 Å². The number of fused-ring (bicyclic) bond motifs is 1. The van der Waals surface area contributed by atoms with Gasteiger partial charge in [-0.25, -0.2) is 4.98 Å². The molecule has 2 aromatic carbocycles. The van der Waals surface area contributed by atoms with E-state index in [0.29, 0.717) is 16.7 Å². The van der Waals surface area contributed by atoms with E-state index in [1.54, 1.807) is 12.3 Å². The van der Waals surface area contributed by atoms with Gasteiger partial charge in [0.2, 0.25) is 0 Å². The molecule has 5 nitrogen and oxygen atoms in total. The zero-order chi connectivity index (χ0) is 15.6. The molecule has 0 amide bonds. The Kier molecular flexibility index (Phi) is 3.24. The fraction of sp³-hybridized carbons (Fsp3) is 0.0556. The summed E-state index contributed by atoms with van der Waals surface area (Å²) < 4.78 is 1.87. The van der Waals surface area contributed by atoms with Crippen LogP contribution >= 0.6 is 0 Å². The zero-order valence-electron chi connectivity index (χ0n) is 12.3. The predicted molar refractivity (Wildman–Crippen MR) is 89.1 cm³/mol. The molecule has 0 saturated heterocycles. The number of aromatic nitrogens is 4. The van der Waals surface area contributed by atoms with E-state index in [1.165, 1.54) is 0 Å². The summed E-state index contributed by atoms with van der Waals surface area (Å²) in [4.78, 5) is 19.5. The molecule has 0 aliphatic rings. The Bertz CT molecular complexity index is 1000. The maximum Gasteiger partial charge on any atom is 0.259 e. The molecule has 0 aliphatic carbocycles. The number of aromatic amines is 1. The second-order valence-electron chi connectivity index (χ2n) is 5.33. The lowest BCUT2D eigenvalue weighted by atomic mass is 10.1. The highest BCUT2D eigenvalue weighted by Gasteiger charge is 2.05. The largest absolute Gasteiger partial charge is 0.306 e. The molecule has 0 unspecified atom stereocenters. The van der Waals surface area contributed by atoms with Gasteiger partial charge in [0, 0.05) is 18.0 Å². The molecule has 0 aliphatic heterocycles. The summed E-state index contributed by atoms with van der Waals surface area (Å²) >= 11 is 0. The number of hydrogen-bond acceptors (Lipinski definition) is 3. The molecule has 112 valence electrons. The zero-order valence-corrected chi connectivity index (χ0v) is 12.3. The van der Waals surface area contributed by atoms with Gasteiger partial charge in [0.05, 0.1) is 17.4 Å². The Morgan fingerprint density at radius 3 is 2.61 bits per heavy atom. The number of para-hydroxylation sites is 1. The van der Waals surface area contributed by atoms with Crippen LogP contribution in [-0.4, -0.2) is 19.7 Å². The van der Waals surface area contributed by atoms with Crippen molar-refractivity contribution in [3.8, 4) is 11.4 Å². The molecule has 5 heteroatoms. The van der Waals surface area contributed by atoms with Crippen molar-refractivity contribution in [2.45, 2.75) is 6.54 Å². The van der Waals surface area contributed by atoms with E-state index in [-0.39, 0.29) is 5.56 Å². The van der Waals surface area contributed by atoms with Gasteiger partial charge in [-0.3, -0.25) is 9.48 Å². The monoisotopic (exact) mass is 302 g/mol. The van der Waals surface area contributed by atoms with Crippen LogP contribution in [0.25, 0.3) is 22.3 Å². The third-order valence-electron chi connectivity index (χ3n) is 3.74. The van der Waals surface area contributed by atoms with Crippen molar-refractivity contribution in [3.63, 3.8) is 0 Å². The summed E-state index contributed by atoms with van der Waals surface area (Å²) in [5.41, 5.74) is 2.61. The quantitative estimate of drug-likeness (QED) is 0.633. The van der Waals surface area contributed by atoms with Gasteiger partial charge in [-0.1, -0.05) is 36.4 Å². The number of benzene rings is 2. The molecule has 2 heterocycles. The van der Waals surface area contributed by atoms with E-state index in [0.717, 1.165) is 17.7 Å². The fourth-order valence-corrected chi connectivity index (χ4v) is 2.57. The van der Waals surface area contributed by atoms with Crippen LogP contribution in [0.4, 0.5) is 0 Å². The molecule has 1 N–H and O–H groups in total. The minimum atomic E-state index is -0.119. The van der Waals surface area contributed by atoms with Gasteiger partial charge in [-0.05, 0) is 23.8 Å². The highest BCUT2D eigenvalue weighted by atomic mass is 16.1. The van der Waals surface area contributed by atoms with E-state index in [9.17, 15) is 4.79 Å². The lowest BCUT2D eigenvalue weighted by molar-refractivity contribution is 0.687. The first-order chi connectivity index (χ1) is 11.3. The first-order valence-electron chi connectivity index (χ1n) is 7.35. The van der Waals surface area contributed by atoms with Crippen LogP contribution in [-0.2, 0) is 6.54 Å². The standard InChI is InChI=1S/C18H14N4O/c23-18-15-4-1-2-5-16(15)20-17(21-18)14-8-6-13(7-9-14)12-22-11-3-10-19-22/h1-11H,12H2,(H,20,21,23). The van der Waals surface area contributed by atoms with Crippen molar-refractivity contribution < 1.29 is 0 Å². The van der Waals surface area contributed by atoms with E-state index in [2.05, 4.69) is 15.1 Å². The molecule has 0 bridgehead atoms. The average Bonchev–Trinajstić information content (AvgIpc) is 3.08. The van der Waals surface area contributed by atoms with Gasteiger partial charge >= 0.3 is 0 Å². The highest BCUT2D eigenvalue weighted by molar-refractivity contribution is 5.79. The molecule has 4 aromatic rings. The summed E-state index contributed by atoms with van der Waals surface area (Å²) in [6, 6.07) is 17.2. The number of H-pyrrole nitrogens is 1. The topological polar surface area (TPSA) is 63.6 Å². The van der Waals surface area contributed by atoms with Crippen LogP contribution in [0.1, 0.15) is 5.56 Å². The van der Waals surface area contributed by atoms with E-state index in [1.807, 2.05) is 59.4 Å². The van der Waals surface area contributed by atoms with Gasteiger partial charge in [-0.15, -0.1) is 0 Å². The lowest BCUT2D eigenvalue weighted by Crippen LogP contribution is -2.09. The van der Waals surface area contributed by atoms with Gasteiger partial charge < -0.3 is 4.98 Å². The Labute approximate surface area is 132 Å². The Hall–Kier alpha value is -3.21. The van der Waals surface area contributed by atoms with Crippen LogP contribution < -0.4 is 5.56 Å².